The number of hydrogen-bond donors (Lipinski definition) is 1. The molecule has 2 heterocycles. The van der Waals surface area contributed by atoms with Gasteiger partial charge in [-0.05, 0) is 94.3 Å². The lowest BCUT2D eigenvalue weighted by Crippen LogP contribution is -2.04. The molecule has 0 saturated heterocycles. The zero-order valence-electron chi connectivity index (χ0n) is 19.8. The van der Waals surface area contributed by atoms with Crippen LogP contribution in [-0.4, -0.2) is 20.6 Å². The number of nitrogens with one attached hydrogen (secondary N) is 1. The number of hydrogen-bond acceptors (Lipinski definition) is 5. The molecule has 1 aliphatic rings. The first kappa shape index (κ1) is 22.6. The van der Waals surface area contributed by atoms with E-state index in [1.807, 2.05) is 30.4 Å². The Morgan fingerprint density at radius 2 is 1.97 bits per heavy atom. The Bertz CT molecular complexity index is 1290. The minimum absolute atomic E-state index is 0.0376. The van der Waals surface area contributed by atoms with E-state index in [4.69, 9.17) is 4.74 Å². The van der Waals surface area contributed by atoms with Gasteiger partial charge in [-0.2, -0.15) is 0 Å². The van der Waals surface area contributed by atoms with E-state index in [9.17, 15) is 0 Å². The van der Waals surface area contributed by atoms with Crippen LogP contribution in [0.2, 0.25) is 0 Å². The summed E-state index contributed by atoms with van der Waals surface area (Å²) in [6, 6.07) is 12.9. The average molecular weight is 471 g/mol. The first-order valence-corrected chi connectivity index (χ1v) is 13.0. The number of rotatable bonds is 7. The number of ether oxygens (including phenoxy) is 1. The zero-order chi connectivity index (χ0) is 23.3. The van der Waals surface area contributed by atoms with Crippen LogP contribution >= 0.6 is 11.3 Å². The Kier molecular flexibility index (Phi) is 6.92. The lowest BCUT2D eigenvalue weighted by atomic mass is 9.83. The molecule has 4 aromatic rings. The predicted molar refractivity (Wildman–Crippen MR) is 137 cm³/mol. The van der Waals surface area contributed by atoms with E-state index in [2.05, 4.69) is 69.0 Å². The molecule has 34 heavy (non-hydrogen) atoms. The molecule has 2 aromatic carbocycles. The van der Waals surface area contributed by atoms with Gasteiger partial charge in [0.2, 0.25) is 0 Å². The average Bonchev–Trinajstić information content (AvgIpc) is 3.54. The van der Waals surface area contributed by atoms with E-state index in [1.165, 1.54) is 53.3 Å². The van der Waals surface area contributed by atoms with Crippen LogP contribution in [0.4, 0.5) is 0 Å². The van der Waals surface area contributed by atoms with Crippen molar-refractivity contribution in [3.63, 3.8) is 0 Å². The maximum Gasteiger partial charge on any atom is 0.150 e. The van der Waals surface area contributed by atoms with Crippen LogP contribution in [0.15, 0.2) is 41.8 Å². The van der Waals surface area contributed by atoms with Crippen LogP contribution < -0.4 is 4.74 Å². The first-order chi connectivity index (χ1) is 16.7. The molecule has 1 aliphatic carbocycles. The fraction of sp³-hybridized carbons (Fsp3) is 0.393. The van der Waals surface area contributed by atoms with Crippen LogP contribution in [-0.2, 0) is 13.0 Å². The third kappa shape index (κ3) is 5.00. The van der Waals surface area contributed by atoms with Crippen molar-refractivity contribution in [1.29, 1.82) is 0 Å². The van der Waals surface area contributed by atoms with E-state index in [-0.39, 0.29) is 5.92 Å². The normalized spacial score (nSPS) is 15.1. The molecule has 1 saturated carbocycles. The lowest BCUT2D eigenvalue weighted by molar-refractivity contribution is 0.306. The van der Waals surface area contributed by atoms with Gasteiger partial charge in [-0.15, -0.1) is 22.4 Å². The Hall–Kier alpha value is -3.17. The third-order valence-corrected chi connectivity index (χ3v) is 7.94. The summed E-state index contributed by atoms with van der Waals surface area (Å²) in [7, 11) is 0. The van der Waals surface area contributed by atoms with Crippen molar-refractivity contribution in [3.8, 4) is 17.6 Å². The highest BCUT2D eigenvalue weighted by Crippen LogP contribution is 2.40. The van der Waals surface area contributed by atoms with Crippen molar-refractivity contribution in [2.75, 3.05) is 0 Å². The molecule has 5 nitrogen and oxygen atoms in total. The molecule has 1 N–H and O–H groups in total. The highest BCUT2D eigenvalue weighted by Gasteiger charge is 2.20. The molecule has 174 valence electrons. The summed E-state index contributed by atoms with van der Waals surface area (Å²) in [5, 5.41) is 18.0. The summed E-state index contributed by atoms with van der Waals surface area (Å²) < 4.78 is 7.62. The fourth-order valence-corrected chi connectivity index (χ4v) is 6.18. The second kappa shape index (κ2) is 10.4. The molecule has 2 aromatic heterocycles. The predicted octanol–water partition coefficient (Wildman–Crippen LogP) is 6.70. The van der Waals surface area contributed by atoms with E-state index in [0.29, 0.717) is 13.0 Å². The van der Waals surface area contributed by atoms with Crippen molar-refractivity contribution in [1.82, 2.24) is 20.6 Å². The summed E-state index contributed by atoms with van der Waals surface area (Å²) in [5.41, 5.74) is 5.27. The zero-order valence-corrected chi connectivity index (χ0v) is 20.6. The molecule has 0 amide bonds. The lowest BCUT2D eigenvalue weighted by Gasteiger charge is -2.21. The number of aromatic amines is 1. The van der Waals surface area contributed by atoms with Gasteiger partial charge in [0.25, 0.3) is 0 Å². The first-order valence-electron chi connectivity index (χ1n) is 12.1. The van der Waals surface area contributed by atoms with Gasteiger partial charge in [0, 0.05) is 11.1 Å². The summed E-state index contributed by atoms with van der Waals surface area (Å²) >= 11 is 1.90. The molecule has 0 radical (unpaired) electrons. The summed E-state index contributed by atoms with van der Waals surface area (Å²) in [4.78, 5) is 0. The number of benzene rings is 2. The highest BCUT2D eigenvalue weighted by molar-refractivity contribution is 7.17. The highest BCUT2D eigenvalue weighted by atomic mass is 32.1. The van der Waals surface area contributed by atoms with Crippen molar-refractivity contribution >= 4 is 21.4 Å². The van der Waals surface area contributed by atoms with Gasteiger partial charge in [0.1, 0.15) is 18.2 Å². The topological polar surface area (TPSA) is 63.7 Å². The van der Waals surface area contributed by atoms with E-state index in [0.717, 1.165) is 23.1 Å². The molecule has 1 fully saturated rings. The number of tetrazole rings is 1. The van der Waals surface area contributed by atoms with Gasteiger partial charge in [-0.1, -0.05) is 43.4 Å². The second-order valence-corrected chi connectivity index (χ2v) is 10.1. The van der Waals surface area contributed by atoms with Gasteiger partial charge in [0.05, 0.1) is 5.92 Å². The number of H-pyrrole nitrogens is 1. The molecular formula is C28H30N4OS. The van der Waals surface area contributed by atoms with Crippen LogP contribution in [0.1, 0.15) is 78.9 Å². The number of aromatic nitrogens is 4. The molecule has 1 atom stereocenters. The molecule has 0 spiro atoms. The molecule has 0 unspecified atom stereocenters. The number of nitrogens with zero attached hydrogens (tertiary/aromatic N) is 3. The minimum atomic E-state index is 0.0376. The van der Waals surface area contributed by atoms with Gasteiger partial charge in [-0.25, -0.2) is 5.10 Å². The molecular weight excluding hydrogens is 440 g/mol. The van der Waals surface area contributed by atoms with Crippen LogP contribution in [0.5, 0.6) is 5.75 Å². The van der Waals surface area contributed by atoms with Gasteiger partial charge >= 0.3 is 0 Å². The smallest absolute Gasteiger partial charge is 0.150 e. The van der Waals surface area contributed by atoms with Crippen LogP contribution in [0.25, 0.3) is 10.1 Å². The van der Waals surface area contributed by atoms with Crippen molar-refractivity contribution in [3.05, 3.63) is 69.9 Å². The standard InChI is InChI=1S/C28H30N4OS/c1-3-7-23(16-27-29-31-32-30-27)21-10-12-24(13-11-21)33-17-20-14-19(2)28-25(15-20)26(18-34-28)22-8-5-4-6-9-22/h10-15,18,22-23H,4-6,8-9,16-17H2,1-2H3,(H,29,30,31,32)/t23-/m0/s1. The minimum Gasteiger partial charge on any atom is -0.489 e. The van der Waals surface area contributed by atoms with E-state index in [1.54, 1.807) is 5.56 Å². The van der Waals surface area contributed by atoms with Crippen LogP contribution in [0.3, 0.4) is 0 Å². The Morgan fingerprint density at radius 1 is 1.15 bits per heavy atom. The monoisotopic (exact) mass is 470 g/mol. The van der Waals surface area contributed by atoms with E-state index < -0.39 is 0 Å². The Labute approximate surface area is 204 Å². The van der Waals surface area contributed by atoms with Gasteiger partial charge < -0.3 is 4.74 Å². The molecule has 6 heteroatoms. The molecule has 0 aliphatic heterocycles. The summed E-state index contributed by atoms with van der Waals surface area (Å²) in [5.74, 6) is 8.64. The van der Waals surface area contributed by atoms with Gasteiger partial charge in [-0.3, -0.25) is 0 Å². The SMILES string of the molecule is CC#C[C@@H](Cc1nnn[nH]1)c1ccc(OCc2cc(C)c3scc(C4CCCCC4)c3c2)cc1. The summed E-state index contributed by atoms with van der Waals surface area (Å²) in [6.45, 7) is 4.65. The third-order valence-electron chi connectivity index (χ3n) is 6.79. The maximum atomic E-state index is 6.19. The summed E-state index contributed by atoms with van der Waals surface area (Å²) in [6.07, 6.45) is 7.41. The van der Waals surface area contributed by atoms with Crippen molar-refractivity contribution in [2.45, 2.75) is 70.8 Å². The Balaban J connectivity index is 1.29. The van der Waals surface area contributed by atoms with Crippen molar-refractivity contribution in [2.24, 2.45) is 0 Å². The quantitative estimate of drug-likeness (QED) is 0.305. The van der Waals surface area contributed by atoms with Crippen molar-refractivity contribution < 1.29 is 4.74 Å². The maximum absolute atomic E-state index is 6.19. The number of aryl methyl sites for hydroxylation is 1. The van der Waals surface area contributed by atoms with E-state index >= 15 is 0 Å². The van der Waals surface area contributed by atoms with Gasteiger partial charge in [0.15, 0.2) is 0 Å². The molecule has 5 rings (SSSR count). The number of thiophene rings is 1. The molecule has 0 bridgehead atoms. The Morgan fingerprint density at radius 3 is 2.71 bits per heavy atom. The fourth-order valence-electron chi connectivity index (χ4n) is 5.07. The van der Waals surface area contributed by atoms with Crippen LogP contribution in [0, 0.1) is 18.8 Å². The number of fused-ring (bicyclic) bond motifs is 1. The largest absolute Gasteiger partial charge is 0.489 e. The second-order valence-electron chi connectivity index (χ2n) is 9.17.